The van der Waals surface area contributed by atoms with Gasteiger partial charge in [0.05, 0.1) is 17.4 Å². The van der Waals surface area contributed by atoms with E-state index in [2.05, 4.69) is 105 Å². The van der Waals surface area contributed by atoms with Gasteiger partial charge in [0.25, 0.3) is 0 Å². The van der Waals surface area contributed by atoms with Gasteiger partial charge in [-0.3, -0.25) is 4.90 Å². The average molecular weight is 496 g/mol. The van der Waals surface area contributed by atoms with Crippen LogP contribution in [0, 0.1) is 0 Å². The summed E-state index contributed by atoms with van der Waals surface area (Å²) in [6.45, 7) is 0. The Kier molecular flexibility index (Phi) is 4.92. The molecule has 5 heteroatoms. The molecule has 4 aromatic rings. The summed E-state index contributed by atoms with van der Waals surface area (Å²) in [6.07, 6.45) is 0.661. The van der Waals surface area contributed by atoms with Crippen LogP contribution in [0.5, 0.6) is 0 Å². The average Bonchev–Trinajstić information content (AvgIpc) is 3.18. The number of halogens is 1. The molecule has 4 nitrogen and oxygen atoms in total. The normalized spacial score (nSPS) is 21.2. The van der Waals surface area contributed by atoms with E-state index in [0.717, 1.165) is 32.8 Å². The first-order chi connectivity index (χ1) is 16.3. The predicted octanol–water partition coefficient (Wildman–Crippen LogP) is 7.06. The van der Waals surface area contributed by atoms with Gasteiger partial charge in [-0.15, -0.1) is 0 Å². The zero-order chi connectivity index (χ0) is 22.3. The fourth-order valence-corrected chi connectivity index (χ4v) is 5.39. The lowest BCUT2D eigenvalue weighted by Crippen LogP contribution is -2.47. The number of benzene rings is 4. The standard InChI is InChI=1S/C28H22BrN3O/c29-23-16-8-7-15-22(23)25-19-28(21-13-5-2-6-14-21)32(26-18-10-9-17-24(26)30-25)27(31-33-28)20-11-3-1-4-12-20/h1-18,25,30H,19H2. The van der Waals surface area contributed by atoms with Gasteiger partial charge in [0.15, 0.2) is 5.84 Å². The summed E-state index contributed by atoms with van der Waals surface area (Å²) in [6, 6.07) is 37.4. The Morgan fingerprint density at radius 3 is 2.27 bits per heavy atom. The number of hydrogen-bond donors (Lipinski definition) is 1. The smallest absolute Gasteiger partial charge is 0.243 e. The maximum Gasteiger partial charge on any atom is 0.243 e. The van der Waals surface area contributed by atoms with Crippen LogP contribution >= 0.6 is 15.9 Å². The quantitative estimate of drug-likeness (QED) is 0.330. The molecule has 0 bridgehead atoms. The van der Waals surface area contributed by atoms with Gasteiger partial charge in [0.1, 0.15) is 0 Å². The van der Waals surface area contributed by atoms with Crippen LogP contribution in [-0.2, 0) is 10.6 Å². The van der Waals surface area contributed by atoms with E-state index in [9.17, 15) is 0 Å². The monoisotopic (exact) mass is 495 g/mol. The highest BCUT2D eigenvalue weighted by atomic mass is 79.9. The molecule has 162 valence electrons. The Labute approximate surface area is 201 Å². The van der Waals surface area contributed by atoms with Crippen molar-refractivity contribution >= 4 is 33.1 Å². The number of nitrogens with one attached hydrogen (secondary N) is 1. The largest absolute Gasteiger partial charge is 0.376 e. The van der Waals surface area contributed by atoms with E-state index in [4.69, 9.17) is 9.99 Å². The van der Waals surface area contributed by atoms with Crippen molar-refractivity contribution in [1.29, 1.82) is 0 Å². The summed E-state index contributed by atoms with van der Waals surface area (Å²) in [4.78, 5) is 8.75. The van der Waals surface area contributed by atoms with Crippen LogP contribution in [-0.4, -0.2) is 5.84 Å². The van der Waals surface area contributed by atoms with Crippen molar-refractivity contribution in [2.45, 2.75) is 18.2 Å². The Balaban J connectivity index is 1.59. The van der Waals surface area contributed by atoms with Gasteiger partial charge in [-0.05, 0) is 23.8 Å². The molecule has 0 fully saturated rings. The molecule has 0 amide bonds. The molecular formula is C28H22BrN3O. The SMILES string of the molecule is Brc1ccccc1C1CC2(c3ccccc3)ON=C(c3ccccc3)N2c2ccccc2N1. The fourth-order valence-electron chi connectivity index (χ4n) is 4.83. The van der Waals surface area contributed by atoms with Crippen LogP contribution in [0.4, 0.5) is 11.4 Å². The molecule has 2 atom stereocenters. The Morgan fingerprint density at radius 2 is 1.48 bits per heavy atom. The van der Waals surface area contributed by atoms with Gasteiger partial charge in [0, 0.05) is 22.0 Å². The van der Waals surface area contributed by atoms with E-state index in [1.807, 2.05) is 30.3 Å². The molecule has 2 aliphatic rings. The molecular weight excluding hydrogens is 474 g/mol. The molecule has 2 unspecified atom stereocenters. The highest BCUT2D eigenvalue weighted by molar-refractivity contribution is 9.10. The van der Waals surface area contributed by atoms with Crippen LogP contribution in [0.1, 0.15) is 29.2 Å². The lowest BCUT2D eigenvalue weighted by Gasteiger charge is -2.37. The Bertz CT molecular complexity index is 1330. The number of oxime groups is 1. The van der Waals surface area contributed by atoms with Crippen molar-refractivity contribution in [3.05, 3.63) is 130 Å². The number of fused-ring (bicyclic) bond motifs is 3. The second kappa shape index (κ2) is 8.09. The predicted molar refractivity (Wildman–Crippen MR) is 136 cm³/mol. The number of para-hydroxylation sites is 2. The lowest BCUT2D eigenvalue weighted by molar-refractivity contribution is -0.0309. The molecule has 2 aliphatic heterocycles. The van der Waals surface area contributed by atoms with Crippen molar-refractivity contribution in [3.8, 4) is 0 Å². The van der Waals surface area contributed by atoms with Crippen LogP contribution in [0.15, 0.2) is 119 Å². The van der Waals surface area contributed by atoms with E-state index in [1.54, 1.807) is 0 Å². The molecule has 4 aromatic carbocycles. The number of anilines is 2. The van der Waals surface area contributed by atoms with E-state index in [-0.39, 0.29) is 6.04 Å². The molecule has 0 spiro atoms. The third kappa shape index (κ3) is 3.31. The van der Waals surface area contributed by atoms with E-state index >= 15 is 0 Å². The lowest BCUT2D eigenvalue weighted by atomic mass is 9.90. The number of amidine groups is 1. The van der Waals surface area contributed by atoms with Gasteiger partial charge < -0.3 is 10.2 Å². The molecule has 0 saturated carbocycles. The van der Waals surface area contributed by atoms with Crippen LogP contribution in [0.2, 0.25) is 0 Å². The third-order valence-corrected chi connectivity index (χ3v) is 7.07. The molecule has 0 aromatic heterocycles. The summed E-state index contributed by atoms with van der Waals surface area (Å²) < 4.78 is 1.07. The molecule has 0 aliphatic carbocycles. The maximum absolute atomic E-state index is 6.48. The number of rotatable bonds is 3. The van der Waals surface area contributed by atoms with Gasteiger partial charge >= 0.3 is 0 Å². The fraction of sp³-hybridized carbons (Fsp3) is 0.107. The summed E-state index contributed by atoms with van der Waals surface area (Å²) in [7, 11) is 0. The van der Waals surface area contributed by atoms with E-state index in [0.29, 0.717) is 6.42 Å². The van der Waals surface area contributed by atoms with E-state index < -0.39 is 5.72 Å². The topological polar surface area (TPSA) is 36.9 Å². The Hall–Kier alpha value is -3.57. The summed E-state index contributed by atoms with van der Waals surface area (Å²) in [5, 5.41) is 8.50. The summed E-state index contributed by atoms with van der Waals surface area (Å²) in [5.74, 6) is 0.807. The van der Waals surface area contributed by atoms with Crippen molar-refractivity contribution < 1.29 is 4.84 Å². The first-order valence-electron chi connectivity index (χ1n) is 11.0. The number of hydrogen-bond acceptors (Lipinski definition) is 4. The summed E-state index contributed by atoms with van der Waals surface area (Å²) in [5.41, 5.74) is 4.55. The first kappa shape index (κ1) is 20.1. The molecule has 6 rings (SSSR count). The highest BCUT2D eigenvalue weighted by Gasteiger charge is 2.52. The zero-order valence-electron chi connectivity index (χ0n) is 17.9. The maximum atomic E-state index is 6.48. The number of nitrogens with zero attached hydrogens (tertiary/aromatic N) is 2. The van der Waals surface area contributed by atoms with Gasteiger partial charge in [-0.2, -0.15) is 0 Å². The molecule has 0 radical (unpaired) electrons. The zero-order valence-corrected chi connectivity index (χ0v) is 19.4. The summed E-state index contributed by atoms with van der Waals surface area (Å²) >= 11 is 3.77. The van der Waals surface area contributed by atoms with Crippen LogP contribution in [0.25, 0.3) is 0 Å². The molecule has 2 heterocycles. The molecule has 1 N–H and O–H groups in total. The molecule has 0 saturated heterocycles. The second-order valence-corrected chi connectivity index (χ2v) is 9.15. The highest BCUT2D eigenvalue weighted by Crippen LogP contribution is 2.51. The van der Waals surface area contributed by atoms with Gasteiger partial charge in [0.2, 0.25) is 5.72 Å². The van der Waals surface area contributed by atoms with E-state index in [1.165, 1.54) is 5.56 Å². The molecule has 33 heavy (non-hydrogen) atoms. The van der Waals surface area contributed by atoms with Gasteiger partial charge in [-0.1, -0.05) is 112 Å². The van der Waals surface area contributed by atoms with Crippen molar-refractivity contribution in [2.24, 2.45) is 5.16 Å². The Morgan fingerprint density at radius 1 is 0.818 bits per heavy atom. The van der Waals surface area contributed by atoms with Crippen LogP contribution in [0.3, 0.4) is 0 Å². The minimum Gasteiger partial charge on any atom is -0.376 e. The second-order valence-electron chi connectivity index (χ2n) is 8.30. The van der Waals surface area contributed by atoms with Crippen molar-refractivity contribution in [3.63, 3.8) is 0 Å². The van der Waals surface area contributed by atoms with Crippen LogP contribution < -0.4 is 10.2 Å². The minimum atomic E-state index is -0.800. The van der Waals surface area contributed by atoms with Crippen molar-refractivity contribution in [1.82, 2.24) is 0 Å². The van der Waals surface area contributed by atoms with Gasteiger partial charge in [-0.25, -0.2) is 0 Å². The first-order valence-corrected chi connectivity index (χ1v) is 11.8. The third-order valence-electron chi connectivity index (χ3n) is 6.35. The minimum absolute atomic E-state index is 0.00254. The van der Waals surface area contributed by atoms with Crippen molar-refractivity contribution in [2.75, 3.05) is 10.2 Å².